The van der Waals surface area contributed by atoms with Crippen molar-refractivity contribution in [2.75, 3.05) is 0 Å². The van der Waals surface area contributed by atoms with Crippen LogP contribution in [-0.4, -0.2) is 15.0 Å². The second-order valence-corrected chi connectivity index (χ2v) is 13.8. The molecule has 0 fully saturated rings. The molecule has 0 saturated carbocycles. The zero-order chi connectivity index (χ0) is 33.1. The molecule has 2 aliphatic rings. The highest BCUT2D eigenvalue weighted by Crippen LogP contribution is 2.61. The molecule has 0 radical (unpaired) electrons. The molecule has 1 aliphatic heterocycles. The van der Waals surface area contributed by atoms with E-state index in [1.807, 2.05) is 48.2 Å². The van der Waals surface area contributed by atoms with Crippen LogP contribution in [0.25, 0.3) is 56.4 Å². The predicted molar refractivity (Wildman–Crippen MR) is 203 cm³/mol. The van der Waals surface area contributed by atoms with E-state index in [2.05, 4.69) is 140 Å². The Morgan fingerprint density at radius 1 is 0.320 bits per heavy atom. The average Bonchev–Trinajstić information content (AvgIpc) is 3.30. The maximum atomic E-state index is 5.16. The molecule has 1 aliphatic carbocycles. The summed E-state index contributed by atoms with van der Waals surface area (Å²) in [5.41, 5.74) is 12.2. The zero-order valence-corrected chi connectivity index (χ0v) is 27.8. The minimum absolute atomic E-state index is 0.600. The zero-order valence-electron chi connectivity index (χ0n) is 27.0. The third-order valence-electron chi connectivity index (χ3n) is 10.0. The Morgan fingerprint density at radius 3 is 1.30 bits per heavy atom. The molecular weight excluding hydrogens is 627 g/mol. The Hall–Kier alpha value is -6.10. The summed E-state index contributed by atoms with van der Waals surface area (Å²) in [7, 11) is 0. The molecule has 7 aromatic carbocycles. The Labute approximate surface area is 295 Å². The number of nitrogens with zero attached hydrogens (tertiary/aromatic N) is 3. The first-order valence-electron chi connectivity index (χ1n) is 16.9. The Balaban J connectivity index is 1.33. The summed E-state index contributed by atoms with van der Waals surface area (Å²) in [6, 6.07) is 62.9. The van der Waals surface area contributed by atoms with Gasteiger partial charge in [0.15, 0.2) is 17.5 Å². The second kappa shape index (κ2) is 11.5. The van der Waals surface area contributed by atoms with Crippen LogP contribution in [0.15, 0.2) is 186 Å². The van der Waals surface area contributed by atoms with Gasteiger partial charge in [0.2, 0.25) is 0 Å². The molecule has 0 unspecified atom stereocenters. The first-order valence-corrected chi connectivity index (χ1v) is 17.7. The van der Waals surface area contributed by atoms with Crippen molar-refractivity contribution in [1.29, 1.82) is 0 Å². The lowest BCUT2D eigenvalue weighted by molar-refractivity contribution is 0.708. The third kappa shape index (κ3) is 4.35. The van der Waals surface area contributed by atoms with Gasteiger partial charge in [-0.05, 0) is 62.7 Å². The molecular formula is C46H29N3S. The monoisotopic (exact) mass is 655 g/mol. The van der Waals surface area contributed by atoms with Crippen molar-refractivity contribution in [2.45, 2.75) is 15.2 Å². The number of hydrogen-bond donors (Lipinski definition) is 0. The van der Waals surface area contributed by atoms with E-state index in [-0.39, 0.29) is 0 Å². The largest absolute Gasteiger partial charge is 0.208 e. The molecule has 3 nitrogen and oxygen atoms in total. The molecule has 1 spiro atoms. The maximum absolute atomic E-state index is 5.16. The predicted octanol–water partition coefficient (Wildman–Crippen LogP) is 11.4. The molecule has 0 saturated heterocycles. The van der Waals surface area contributed by atoms with Crippen molar-refractivity contribution >= 4 is 11.8 Å². The molecule has 0 N–H and O–H groups in total. The van der Waals surface area contributed by atoms with Crippen molar-refractivity contribution in [3.63, 3.8) is 0 Å². The maximum Gasteiger partial charge on any atom is 0.164 e. The SMILES string of the molecule is c1ccc(-c2nc(-c3ccccc3)nc(-c3ccc4c(c3)C3(c5ccccc5Sc5ccccc53)c3ccccc3-c3ccccc3-4)n2)cc1. The van der Waals surface area contributed by atoms with Crippen LogP contribution in [0.2, 0.25) is 0 Å². The van der Waals surface area contributed by atoms with Gasteiger partial charge in [0, 0.05) is 26.5 Å². The summed E-state index contributed by atoms with van der Waals surface area (Å²) >= 11 is 1.86. The van der Waals surface area contributed by atoms with Crippen LogP contribution in [0.4, 0.5) is 0 Å². The van der Waals surface area contributed by atoms with E-state index >= 15 is 0 Å². The van der Waals surface area contributed by atoms with Crippen molar-refractivity contribution in [2.24, 2.45) is 0 Å². The van der Waals surface area contributed by atoms with Gasteiger partial charge in [0.25, 0.3) is 0 Å². The normalized spacial score (nSPS) is 13.3. The molecule has 10 rings (SSSR count). The highest BCUT2D eigenvalue weighted by atomic mass is 32.2. The Kier molecular flexibility index (Phi) is 6.64. The van der Waals surface area contributed by atoms with E-state index in [0.29, 0.717) is 17.5 Å². The molecule has 0 bridgehead atoms. The quantitative estimate of drug-likeness (QED) is 0.190. The highest BCUT2D eigenvalue weighted by molar-refractivity contribution is 7.99. The van der Waals surface area contributed by atoms with Gasteiger partial charge < -0.3 is 0 Å². The van der Waals surface area contributed by atoms with Crippen LogP contribution in [0.5, 0.6) is 0 Å². The number of benzene rings is 7. The van der Waals surface area contributed by atoms with Crippen LogP contribution < -0.4 is 0 Å². The van der Waals surface area contributed by atoms with Crippen molar-refractivity contribution in [3.8, 4) is 56.4 Å². The van der Waals surface area contributed by atoms with Gasteiger partial charge in [0.1, 0.15) is 0 Å². The van der Waals surface area contributed by atoms with Gasteiger partial charge in [-0.15, -0.1) is 0 Å². The average molecular weight is 656 g/mol. The van der Waals surface area contributed by atoms with E-state index < -0.39 is 5.41 Å². The van der Waals surface area contributed by atoms with Gasteiger partial charge >= 0.3 is 0 Å². The molecule has 0 amide bonds. The van der Waals surface area contributed by atoms with Crippen LogP contribution in [0.1, 0.15) is 22.3 Å². The van der Waals surface area contributed by atoms with E-state index in [9.17, 15) is 0 Å². The number of rotatable bonds is 3. The molecule has 4 heteroatoms. The van der Waals surface area contributed by atoms with Gasteiger partial charge in [-0.1, -0.05) is 169 Å². The fourth-order valence-electron chi connectivity index (χ4n) is 7.88. The standard InChI is InChI=1S/C46H29N3S/c1-3-15-30(16-4-1)43-47-44(31-17-5-2-6-18-31)49-45(48-43)32-27-28-36-34-20-8-7-19-33(34)35-21-9-10-22-37(35)46(40(36)29-32)38-23-11-13-25-41(38)50-42-26-14-12-24-39(42)46/h1-29H. The molecule has 1 aromatic heterocycles. The van der Waals surface area contributed by atoms with E-state index in [4.69, 9.17) is 15.0 Å². The summed E-state index contributed by atoms with van der Waals surface area (Å²) in [6.07, 6.45) is 0. The Morgan fingerprint density at radius 2 is 0.740 bits per heavy atom. The number of fused-ring (bicyclic) bond motifs is 11. The van der Waals surface area contributed by atoms with Gasteiger partial charge in [-0.3, -0.25) is 0 Å². The molecule has 50 heavy (non-hydrogen) atoms. The molecule has 0 atom stereocenters. The summed E-state index contributed by atoms with van der Waals surface area (Å²) in [5.74, 6) is 1.95. The van der Waals surface area contributed by atoms with E-state index in [1.54, 1.807) is 0 Å². The molecule has 2 heterocycles. The Bertz CT molecular complexity index is 2480. The minimum Gasteiger partial charge on any atom is -0.208 e. The summed E-state index contributed by atoms with van der Waals surface area (Å²) in [6.45, 7) is 0. The van der Waals surface area contributed by atoms with Crippen LogP contribution in [0, 0.1) is 0 Å². The molecule has 8 aromatic rings. The smallest absolute Gasteiger partial charge is 0.164 e. The van der Waals surface area contributed by atoms with Crippen molar-refractivity contribution < 1.29 is 0 Å². The minimum atomic E-state index is -0.600. The fraction of sp³-hybridized carbons (Fsp3) is 0.0217. The lowest BCUT2D eigenvalue weighted by Crippen LogP contribution is -2.34. The van der Waals surface area contributed by atoms with E-state index in [1.165, 1.54) is 54.3 Å². The highest BCUT2D eigenvalue weighted by Gasteiger charge is 2.48. The van der Waals surface area contributed by atoms with Crippen molar-refractivity contribution in [3.05, 3.63) is 198 Å². The second-order valence-electron chi connectivity index (χ2n) is 12.7. The van der Waals surface area contributed by atoms with Gasteiger partial charge in [-0.2, -0.15) is 0 Å². The number of hydrogen-bond acceptors (Lipinski definition) is 4. The first-order chi connectivity index (χ1) is 24.8. The topological polar surface area (TPSA) is 38.7 Å². The summed E-state index contributed by atoms with van der Waals surface area (Å²) in [4.78, 5) is 17.8. The summed E-state index contributed by atoms with van der Waals surface area (Å²) in [5, 5.41) is 0. The summed E-state index contributed by atoms with van der Waals surface area (Å²) < 4.78 is 0. The van der Waals surface area contributed by atoms with E-state index in [0.717, 1.165) is 16.7 Å². The van der Waals surface area contributed by atoms with Crippen LogP contribution in [-0.2, 0) is 5.41 Å². The van der Waals surface area contributed by atoms with Gasteiger partial charge in [-0.25, -0.2) is 15.0 Å². The van der Waals surface area contributed by atoms with Crippen LogP contribution in [0.3, 0.4) is 0 Å². The molecule has 234 valence electrons. The van der Waals surface area contributed by atoms with Gasteiger partial charge in [0.05, 0.1) is 5.41 Å². The van der Waals surface area contributed by atoms with Crippen LogP contribution >= 0.6 is 11.8 Å². The lowest BCUT2D eigenvalue weighted by Gasteiger charge is -2.42. The third-order valence-corrected chi connectivity index (χ3v) is 11.2. The first kappa shape index (κ1) is 28.9. The van der Waals surface area contributed by atoms with Crippen molar-refractivity contribution in [1.82, 2.24) is 15.0 Å². The number of aromatic nitrogens is 3. The lowest BCUT2D eigenvalue weighted by atomic mass is 9.63. The fourth-order valence-corrected chi connectivity index (χ4v) is 9.08.